The van der Waals surface area contributed by atoms with Gasteiger partial charge in [-0.2, -0.15) is 5.10 Å². The van der Waals surface area contributed by atoms with Gasteiger partial charge in [0, 0.05) is 62.4 Å². The molecule has 0 saturated carbocycles. The van der Waals surface area contributed by atoms with Crippen molar-refractivity contribution in [3.63, 3.8) is 0 Å². The van der Waals surface area contributed by atoms with Gasteiger partial charge in [0.1, 0.15) is 6.10 Å². The number of nitrogens with one attached hydrogen (secondary N) is 1. The summed E-state index contributed by atoms with van der Waals surface area (Å²) in [5.74, 6) is 0.619. The number of likely N-dealkylation sites (tertiary alicyclic amines) is 1. The molecule has 4 aromatic rings. The molecule has 5 heterocycles. The van der Waals surface area contributed by atoms with Crippen LogP contribution in [0, 0.1) is 6.92 Å². The molecule has 0 atom stereocenters. The molecule has 37 heavy (non-hydrogen) atoms. The highest BCUT2D eigenvalue weighted by Crippen LogP contribution is 2.30. The van der Waals surface area contributed by atoms with E-state index in [0.29, 0.717) is 43.1 Å². The molecule has 0 spiro atoms. The van der Waals surface area contributed by atoms with Gasteiger partial charge in [0.15, 0.2) is 0 Å². The Labute approximate surface area is 220 Å². The molecule has 1 amide bonds. The largest absolute Gasteiger partial charge is 0.474 e. The summed E-state index contributed by atoms with van der Waals surface area (Å²) in [5, 5.41) is 5.97. The van der Waals surface area contributed by atoms with Crippen LogP contribution in [0.15, 0.2) is 47.5 Å². The van der Waals surface area contributed by atoms with Gasteiger partial charge in [0.2, 0.25) is 5.88 Å². The number of piperidine rings is 1. The summed E-state index contributed by atoms with van der Waals surface area (Å²) in [5.41, 5.74) is 2.84. The first kappa shape index (κ1) is 25.2. The highest BCUT2D eigenvalue weighted by atomic mass is 35.5. The minimum absolute atomic E-state index is 0. The van der Waals surface area contributed by atoms with E-state index < -0.39 is 0 Å². The number of H-pyrrole nitrogens is 1. The number of halogens is 1. The van der Waals surface area contributed by atoms with Crippen LogP contribution in [0.2, 0.25) is 0 Å². The molecule has 2 aliphatic rings. The third-order valence-corrected chi connectivity index (χ3v) is 7.33. The number of aryl methyl sites for hydroxylation is 1. The second-order valence-electron chi connectivity index (χ2n) is 9.64. The number of hydrogen-bond acceptors (Lipinski definition) is 6. The van der Waals surface area contributed by atoms with Gasteiger partial charge in [-0.1, -0.05) is 6.07 Å². The first-order valence-electron chi connectivity index (χ1n) is 12.6. The summed E-state index contributed by atoms with van der Waals surface area (Å²) >= 11 is 0. The SMILES string of the molecule is Cc1cc2[nH]c(=O)c3cnn(C4CCOCC4)c3c2cc1C(=O)N1CCC(Oc2ccccn2)CC1.Cl. The third kappa shape index (κ3) is 4.81. The first-order chi connectivity index (χ1) is 17.6. The van der Waals surface area contributed by atoms with Crippen LogP contribution in [-0.2, 0) is 4.74 Å². The van der Waals surface area contributed by atoms with E-state index in [1.165, 1.54) is 0 Å². The lowest BCUT2D eigenvalue weighted by molar-refractivity contribution is 0.0587. The lowest BCUT2D eigenvalue weighted by Crippen LogP contribution is -2.42. The van der Waals surface area contributed by atoms with Crippen LogP contribution in [0.5, 0.6) is 5.88 Å². The number of benzene rings is 1. The number of rotatable bonds is 4. The van der Waals surface area contributed by atoms with Gasteiger partial charge < -0.3 is 19.4 Å². The van der Waals surface area contributed by atoms with E-state index in [-0.39, 0.29) is 36.0 Å². The summed E-state index contributed by atoms with van der Waals surface area (Å²) in [4.78, 5) is 35.5. The Hall–Kier alpha value is -3.43. The number of ether oxygens (including phenoxy) is 2. The lowest BCUT2D eigenvalue weighted by atomic mass is 10.0. The van der Waals surface area contributed by atoms with Crippen LogP contribution < -0.4 is 10.3 Å². The number of nitrogens with zero attached hydrogens (tertiary/aromatic N) is 4. The molecule has 9 nitrogen and oxygen atoms in total. The number of aromatic nitrogens is 4. The minimum Gasteiger partial charge on any atom is -0.474 e. The van der Waals surface area contributed by atoms with Gasteiger partial charge in [-0.25, -0.2) is 4.98 Å². The normalized spacial score (nSPS) is 17.2. The maximum absolute atomic E-state index is 13.6. The molecule has 194 valence electrons. The molecule has 1 aromatic carbocycles. The molecule has 3 aromatic heterocycles. The standard InChI is InChI=1S/C27H29N5O4.ClH/c1-17-14-23-21(25-22(26(33)30-23)16-29-32(25)18-7-12-35-13-8-18)15-20(17)27(34)31-10-5-19(6-11-31)36-24-4-2-3-9-28-24;/h2-4,9,14-16,18-19H,5-8,10-13H2,1H3,(H,30,33);1H. The van der Waals surface area contributed by atoms with Gasteiger partial charge in [-0.15, -0.1) is 12.4 Å². The van der Waals surface area contributed by atoms with E-state index in [0.717, 1.165) is 47.7 Å². The highest BCUT2D eigenvalue weighted by molar-refractivity contribution is 6.07. The van der Waals surface area contributed by atoms with Crippen LogP contribution in [0.4, 0.5) is 0 Å². The van der Waals surface area contributed by atoms with E-state index in [2.05, 4.69) is 15.1 Å². The van der Waals surface area contributed by atoms with Gasteiger partial charge in [0.05, 0.1) is 28.7 Å². The molecule has 2 saturated heterocycles. The summed E-state index contributed by atoms with van der Waals surface area (Å²) in [7, 11) is 0. The quantitative estimate of drug-likeness (QED) is 0.433. The van der Waals surface area contributed by atoms with E-state index in [1.54, 1.807) is 12.4 Å². The topological polar surface area (TPSA) is 102 Å². The monoisotopic (exact) mass is 523 g/mol. The maximum Gasteiger partial charge on any atom is 0.259 e. The van der Waals surface area contributed by atoms with Crippen molar-refractivity contribution >= 4 is 40.1 Å². The lowest BCUT2D eigenvalue weighted by Gasteiger charge is -2.32. The van der Waals surface area contributed by atoms with Crippen molar-refractivity contribution < 1.29 is 14.3 Å². The fourth-order valence-electron chi connectivity index (χ4n) is 5.37. The molecule has 6 rings (SSSR count). The molecule has 10 heteroatoms. The Morgan fingerprint density at radius 3 is 2.62 bits per heavy atom. The number of fused-ring (bicyclic) bond motifs is 3. The van der Waals surface area contributed by atoms with E-state index in [1.807, 2.05) is 46.8 Å². The number of carbonyl (C=O) groups is 1. The Morgan fingerprint density at radius 2 is 1.89 bits per heavy atom. The van der Waals surface area contributed by atoms with Gasteiger partial charge >= 0.3 is 0 Å². The number of amides is 1. The molecule has 0 unspecified atom stereocenters. The molecule has 2 fully saturated rings. The van der Waals surface area contributed by atoms with Crippen LogP contribution >= 0.6 is 12.4 Å². The number of carbonyl (C=O) groups excluding carboxylic acids is 1. The molecule has 0 aliphatic carbocycles. The van der Waals surface area contributed by atoms with E-state index in [9.17, 15) is 9.59 Å². The molecular formula is C27H30ClN5O4. The highest BCUT2D eigenvalue weighted by Gasteiger charge is 2.27. The van der Waals surface area contributed by atoms with Crippen LogP contribution in [-0.4, -0.2) is 63.0 Å². The second kappa shape index (κ2) is 10.5. The van der Waals surface area contributed by atoms with Crippen LogP contribution in [0.1, 0.15) is 47.6 Å². The Kier molecular flexibility index (Phi) is 7.17. The second-order valence-corrected chi connectivity index (χ2v) is 9.64. The fraction of sp³-hybridized carbons (Fsp3) is 0.407. The number of pyridine rings is 2. The molecule has 0 bridgehead atoms. The zero-order chi connectivity index (χ0) is 24.6. The zero-order valence-electron chi connectivity index (χ0n) is 20.7. The van der Waals surface area contributed by atoms with Gasteiger partial charge in [-0.05, 0) is 43.5 Å². The van der Waals surface area contributed by atoms with Crippen molar-refractivity contribution in [2.45, 2.75) is 44.8 Å². The predicted molar refractivity (Wildman–Crippen MR) is 143 cm³/mol. The summed E-state index contributed by atoms with van der Waals surface area (Å²) in [6.07, 6.45) is 6.59. The first-order valence-corrected chi connectivity index (χ1v) is 12.6. The smallest absolute Gasteiger partial charge is 0.259 e. The fourth-order valence-corrected chi connectivity index (χ4v) is 5.37. The Bertz CT molecular complexity index is 1470. The third-order valence-electron chi connectivity index (χ3n) is 7.33. The van der Waals surface area contributed by atoms with Crippen LogP contribution in [0.25, 0.3) is 21.8 Å². The number of hydrogen-bond donors (Lipinski definition) is 1. The van der Waals surface area contributed by atoms with Crippen molar-refractivity contribution in [2.24, 2.45) is 0 Å². The Balaban J connectivity index is 0.00000280. The van der Waals surface area contributed by atoms with Crippen molar-refractivity contribution in [3.8, 4) is 5.88 Å². The summed E-state index contributed by atoms with van der Waals surface area (Å²) in [6, 6.07) is 9.62. The van der Waals surface area contributed by atoms with Crippen molar-refractivity contribution in [1.82, 2.24) is 24.6 Å². The minimum atomic E-state index is -0.163. The molecule has 2 aliphatic heterocycles. The zero-order valence-corrected chi connectivity index (χ0v) is 21.5. The van der Waals surface area contributed by atoms with Crippen molar-refractivity contribution in [2.75, 3.05) is 26.3 Å². The maximum atomic E-state index is 13.6. The van der Waals surface area contributed by atoms with Gasteiger partial charge in [-0.3, -0.25) is 14.3 Å². The molecule has 0 radical (unpaired) electrons. The molecule has 1 N–H and O–H groups in total. The number of aromatic amines is 1. The molecular weight excluding hydrogens is 494 g/mol. The van der Waals surface area contributed by atoms with E-state index >= 15 is 0 Å². The van der Waals surface area contributed by atoms with E-state index in [4.69, 9.17) is 9.47 Å². The Morgan fingerprint density at radius 1 is 1.11 bits per heavy atom. The summed E-state index contributed by atoms with van der Waals surface area (Å²) < 4.78 is 13.5. The van der Waals surface area contributed by atoms with Crippen LogP contribution in [0.3, 0.4) is 0 Å². The van der Waals surface area contributed by atoms with Gasteiger partial charge in [0.25, 0.3) is 11.5 Å². The van der Waals surface area contributed by atoms with Crippen molar-refractivity contribution in [1.29, 1.82) is 0 Å². The average molecular weight is 524 g/mol. The van der Waals surface area contributed by atoms with Crippen molar-refractivity contribution in [3.05, 3.63) is 64.2 Å². The summed E-state index contributed by atoms with van der Waals surface area (Å²) in [6.45, 7) is 4.51. The predicted octanol–water partition coefficient (Wildman–Crippen LogP) is 4.04. The average Bonchev–Trinajstić information content (AvgIpc) is 3.36.